The molecule has 0 aliphatic carbocycles. The highest BCUT2D eigenvalue weighted by atomic mass is 16.1. The van der Waals surface area contributed by atoms with Crippen molar-refractivity contribution in [1.29, 1.82) is 0 Å². The highest BCUT2D eigenvalue weighted by Crippen LogP contribution is 2.20. The van der Waals surface area contributed by atoms with Gasteiger partial charge in [0.25, 0.3) is 0 Å². The SMILES string of the molecule is CNC(=O)C(C)CN(C)c1nc(NN)cn2ccnc12. The summed E-state index contributed by atoms with van der Waals surface area (Å²) in [5.74, 6) is 6.45. The number of hydrazine groups is 1. The van der Waals surface area contributed by atoms with Crippen molar-refractivity contribution in [3.63, 3.8) is 0 Å². The molecule has 2 rings (SSSR count). The van der Waals surface area contributed by atoms with Gasteiger partial charge in [-0.3, -0.25) is 4.79 Å². The molecular weight excluding hydrogens is 258 g/mol. The minimum Gasteiger partial charge on any atom is -0.359 e. The molecule has 4 N–H and O–H groups in total. The number of nitrogens with one attached hydrogen (secondary N) is 2. The van der Waals surface area contributed by atoms with Gasteiger partial charge in [-0.05, 0) is 0 Å². The fourth-order valence-corrected chi connectivity index (χ4v) is 2.07. The third kappa shape index (κ3) is 2.64. The zero-order valence-electron chi connectivity index (χ0n) is 11.8. The molecule has 8 nitrogen and oxygen atoms in total. The average Bonchev–Trinajstić information content (AvgIpc) is 2.92. The molecule has 0 aliphatic heterocycles. The number of amides is 1. The molecule has 0 saturated heterocycles. The third-order valence-corrected chi connectivity index (χ3v) is 3.11. The first-order chi connectivity index (χ1) is 9.56. The van der Waals surface area contributed by atoms with Crippen LogP contribution in [-0.4, -0.2) is 40.9 Å². The molecule has 108 valence electrons. The zero-order valence-corrected chi connectivity index (χ0v) is 11.8. The average molecular weight is 277 g/mol. The van der Waals surface area contributed by atoms with Crippen molar-refractivity contribution in [1.82, 2.24) is 19.7 Å². The van der Waals surface area contributed by atoms with Gasteiger partial charge in [-0.2, -0.15) is 0 Å². The van der Waals surface area contributed by atoms with Crippen LogP contribution in [0.15, 0.2) is 18.6 Å². The topological polar surface area (TPSA) is 101 Å². The fourth-order valence-electron chi connectivity index (χ4n) is 2.07. The van der Waals surface area contributed by atoms with E-state index in [-0.39, 0.29) is 11.8 Å². The second-order valence-corrected chi connectivity index (χ2v) is 4.65. The van der Waals surface area contributed by atoms with E-state index in [1.54, 1.807) is 19.4 Å². The van der Waals surface area contributed by atoms with Gasteiger partial charge in [0.2, 0.25) is 5.91 Å². The number of hydrogen-bond donors (Lipinski definition) is 3. The van der Waals surface area contributed by atoms with E-state index in [9.17, 15) is 4.79 Å². The number of imidazole rings is 1. The Morgan fingerprint density at radius 3 is 3.00 bits per heavy atom. The van der Waals surface area contributed by atoms with Crippen LogP contribution in [-0.2, 0) is 4.79 Å². The lowest BCUT2D eigenvalue weighted by Crippen LogP contribution is -2.35. The number of anilines is 2. The summed E-state index contributed by atoms with van der Waals surface area (Å²) in [7, 11) is 3.50. The molecule has 0 saturated carbocycles. The fraction of sp³-hybridized carbons (Fsp3) is 0.417. The number of carbonyl (C=O) groups is 1. The van der Waals surface area contributed by atoms with Crippen LogP contribution >= 0.6 is 0 Å². The molecule has 0 radical (unpaired) electrons. The van der Waals surface area contributed by atoms with Crippen molar-refractivity contribution in [3.05, 3.63) is 18.6 Å². The molecule has 1 unspecified atom stereocenters. The van der Waals surface area contributed by atoms with Crippen LogP contribution in [0.2, 0.25) is 0 Å². The number of carbonyl (C=O) groups excluding carboxylic acids is 1. The van der Waals surface area contributed by atoms with Gasteiger partial charge in [0.15, 0.2) is 17.3 Å². The minimum atomic E-state index is -0.156. The summed E-state index contributed by atoms with van der Waals surface area (Å²) >= 11 is 0. The highest BCUT2D eigenvalue weighted by Gasteiger charge is 2.17. The molecule has 2 aromatic rings. The van der Waals surface area contributed by atoms with Crippen LogP contribution in [0.1, 0.15) is 6.92 Å². The quantitative estimate of drug-likeness (QED) is 0.518. The second-order valence-electron chi connectivity index (χ2n) is 4.65. The van der Waals surface area contributed by atoms with Gasteiger partial charge in [0.05, 0.1) is 12.1 Å². The van der Waals surface area contributed by atoms with E-state index in [2.05, 4.69) is 20.7 Å². The van der Waals surface area contributed by atoms with Crippen molar-refractivity contribution < 1.29 is 4.79 Å². The first kappa shape index (κ1) is 14.1. The molecule has 0 spiro atoms. The second kappa shape index (κ2) is 5.74. The highest BCUT2D eigenvalue weighted by molar-refractivity contribution is 5.79. The maximum atomic E-state index is 11.6. The van der Waals surface area contributed by atoms with Gasteiger partial charge in [-0.15, -0.1) is 0 Å². The Labute approximate surface area is 117 Å². The van der Waals surface area contributed by atoms with Gasteiger partial charge in [0, 0.05) is 33.0 Å². The van der Waals surface area contributed by atoms with E-state index in [1.165, 1.54) is 0 Å². The van der Waals surface area contributed by atoms with Crippen molar-refractivity contribution in [2.45, 2.75) is 6.92 Å². The van der Waals surface area contributed by atoms with E-state index >= 15 is 0 Å². The number of hydrogen-bond acceptors (Lipinski definition) is 6. The standard InChI is InChI=1S/C12H19N7O/c1-8(12(20)14-2)6-18(3)11-10-15-4-5-19(10)7-9(16-11)17-13/h4-5,7-8,17H,6,13H2,1-3H3,(H,14,20). The Kier molecular flexibility index (Phi) is 4.04. The summed E-state index contributed by atoms with van der Waals surface area (Å²) in [5, 5.41) is 2.64. The molecule has 2 aromatic heterocycles. The number of nitrogens with two attached hydrogens (primary N) is 1. The maximum Gasteiger partial charge on any atom is 0.224 e. The smallest absolute Gasteiger partial charge is 0.224 e. The van der Waals surface area contributed by atoms with Crippen LogP contribution < -0.4 is 21.5 Å². The van der Waals surface area contributed by atoms with E-state index in [1.807, 2.05) is 29.5 Å². The van der Waals surface area contributed by atoms with Crippen LogP contribution in [0.5, 0.6) is 0 Å². The Morgan fingerprint density at radius 2 is 2.35 bits per heavy atom. The number of aromatic nitrogens is 3. The first-order valence-corrected chi connectivity index (χ1v) is 6.30. The summed E-state index contributed by atoms with van der Waals surface area (Å²) < 4.78 is 1.83. The molecule has 20 heavy (non-hydrogen) atoms. The van der Waals surface area contributed by atoms with Gasteiger partial charge in [-0.25, -0.2) is 15.8 Å². The van der Waals surface area contributed by atoms with Crippen molar-refractivity contribution in [3.8, 4) is 0 Å². The van der Waals surface area contributed by atoms with Crippen LogP contribution in [0, 0.1) is 5.92 Å². The zero-order chi connectivity index (χ0) is 14.7. The lowest BCUT2D eigenvalue weighted by atomic mass is 10.1. The van der Waals surface area contributed by atoms with Crippen molar-refractivity contribution >= 4 is 23.2 Å². The number of rotatable bonds is 5. The number of fused-ring (bicyclic) bond motifs is 1. The summed E-state index contributed by atoms with van der Waals surface area (Å²) in [6.07, 6.45) is 5.26. The van der Waals surface area contributed by atoms with Crippen LogP contribution in [0.25, 0.3) is 5.65 Å². The van der Waals surface area contributed by atoms with E-state index in [4.69, 9.17) is 5.84 Å². The summed E-state index contributed by atoms with van der Waals surface area (Å²) in [6, 6.07) is 0. The summed E-state index contributed by atoms with van der Waals surface area (Å²) in [6.45, 7) is 2.40. The Bertz CT molecular complexity index is 609. The molecular formula is C12H19N7O. The predicted molar refractivity (Wildman–Crippen MR) is 77.3 cm³/mol. The normalized spacial score (nSPS) is 12.2. The number of nitrogens with zero attached hydrogens (tertiary/aromatic N) is 4. The van der Waals surface area contributed by atoms with Crippen LogP contribution in [0.4, 0.5) is 11.6 Å². The maximum absolute atomic E-state index is 11.6. The third-order valence-electron chi connectivity index (χ3n) is 3.11. The molecule has 0 fully saturated rings. The van der Waals surface area contributed by atoms with Crippen molar-refractivity contribution in [2.24, 2.45) is 11.8 Å². The predicted octanol–water partition coefficient (Wildman–Crippen LogP) is -0.167. The Balaban J connectivity index is 2.31. The molecule has 0 bridgehead atoms. The lowest BCUT2D eigenvalue weighted by Gasteiger charge is -2.22. The van der Waals surface area contributed by atoms with E-state index in [0.29, 0.717) is 18.2 Å². The lowest BCUT2D eigenvalue weighted by molar-refractivity contribution is -0.123. The minimum absolute atomic E-state index is 0.00989. The molecule has 1 amide bonds. The molecule has 0 aromatic carbocycles. The van der Waals surface area contributed by atoms with Gasteiger partial charge in [0.1, 0.15) is 0 Å². The Morgan fingerprint density at radius 1 is 1.60 bits per heavy atom. The number of nitrogen functional groups attached to an aromatic ring is 1. The van der Waals surface area contributed by atoms with E-state index in [0.717, 1.165) is 5.65 Å². The van der Waals surface area contributed by atoms with Gasteiger partial charge in [-0.1, -0.05) is 6.92 Å². The van der Waals surface area contributed by atoms with Crippen molar-refractivity contribution in [2.75, 3.05) is 31.0 Å². The molecule has 1 atom stereocenters. The van der Waals surface area contributed by atoms with E-state index < -0.39 is 0 Å². The molecule has 2 heterocycles. The Hall–Kier alpha value is -2.35. The molecule has 0 aliphatic rings. The van der Waals surface area contributed by atoms with Gasteiger partial charge < -0.3 is 20.0 Å². The monoisotopic (exact) mass is 277 g/mol. The van der Waals surface area contributed by atoms with Gasteiger partial charge >= 0.3 is 0 Å². The largest absolute Gasteiger partial charge is 0.359 e. The summed E-state index contributed by atoms with van der Waals surface area (Å²) in [4.78, 5) is 22.2. The summed E-state index contributed by atoms with van der Waals surface area (Å²) in [5.41, 5.74) is 3.24. The van der Waals surface area contributed by atoms with Crippen LogP contribution in [0.3, 0.4) is 0 Å². The molecule has 8 heteroatoms. The first-order valence-electron chi connectivity index (χ1n) is 6.30.